The minimum atomic E-state index is -1.39. The van der Waals surface area contributed by atoms with Crippen LogP contribution in [0.4, 0.5) is 4.79 Å². The molecule has 9 heteroatoms. The predicted octanol–water partition coefficient (Wildman–Crippen LogP) is -1.21. The Morgan fingerprint density at radius 2 is 2.14 bits per heavy atom. The number of amides is 2. The highest BCUT2D eigenvalue weighted by Gasteiger charge is 2.30. The van der Waals surface area contributed by atoms with E-state index >= 15 is 0 Å². The first kappa shape index (κ1) is 17.2. The quantitative estimate of drug-likeness (QED) is 0.544. The van der Waals surface area contributed by atoms with Gasteiger partial charge in [0.15, 0.2) is 6.04 Å². The molecule has 1 aliphatic rings. The molecule has 1 saturated heterocycles. The van der Waals surface area contributed by atoms with E-state index < -0.39 is 36.2 Å². The number of aliphatic carboxylic acids is 1. The molecular weight excluding hydrogens is 284 g/mol. The van der Waals surface area contributed by atoms with Gasteiger partial charge in [-0.1, -0.05) is 0 Å². The van der Waals surface area contributed by atoms with Crippen LogP contribution >= 0.6 is 0 Å². The van der Waals surface area contributed by atoms with Crippen molar-refractivity contribution in [3.63, 3.8) is 0 Å². The first-order valence-electron chi connectivity index (χ1n) is 6.50. The molecule has 120 valence electrons. The van der Waals surface area contributed by atoms with E-state index in [9.17, 15) is 19.5 Å². The first-order valence-corrected chi connectivity index (χ1v) is 6.50. The van der Waals surface area contributed by atoms with Gasteiger partial charge < -0.3 is 29.9 Å². The lowest BCUT2D eigenvalue weighted by Crippen LogP contribution is -2.56. The van der Waals surface area contributed by atoms with Gasteiger partial charge in [-0.3, -0.25) is 4.79 Å². The third kappa shape index (κ3) is 5.20. The summed E-state index contributed by atoms with van der Waals surface area (Å²) in [5.41, 5.74) is 0. The van der Waals surface area contributed by atoms with E-state index in [1.165, 1.54) is 18.9 Å². The third-order valence-electron chi connectivity index (χ3n) is 3.08. The van der Waals surface area contributed by atoms with Crippen LogP contribution in [-0.2, 0) is 19.1 Å². The Kier molecular flexibility index (Phi) is 6.38. The molecule has 0 spiro atoms. The van der Waals surface area contributed by atoms with Crippen LogP contribution in [0.2, 0.25) is 0 Å². The summed E-state index contributed by atoms with van der Waals surface area (Å²) in [4.78, 5) is 35.4. The van der Waals surface area contributed by atoms with Crippen LogP contribution in [0.1, 0.15) is 13.3 Å². The van der Waals surface area contributed by atoms with E-state index in [4.69, 9.17) is 9.84 Å². The largest absolute Gasteiger partial charge is 0.480 e. The number of carboxylic acid groups (broad SMARTS) is 1. The van der Waals surface area contributed by atoms with Crippen molar-refractivity contribution in [2.24, 2.45) is 0 Å². The Morgan fingerprint density at radius 3 is 2.67 bits per heavy atom. The normalized spacial score (nSPS) is 21.3. The fourth-order valence-electron chi connectivity index (χ4n) is 1.91. The summed E-state index contributed by atoms with van der Waals surface area (Å²) in [5.74, 6) is -1.77. The molecule has 1 fully saturated rings. The molecule has 3 atom stereocenters. The number of esters is 1. The molecular formula is C12H20N2O7. The molecule has 1 unspecified atom stereocenters. The number of hydrogen-bond donors (Lipinski definition) is 3. The zero-order chi connectivity index (χ0) is 16.0. The number of nitrogens with zero attached hydrogens (tertiary/aromatic N) is 1. The Morgan fingerprint density at radius 1 is 1.48 bits per heavy atom. The molecule has 0 aliphatic carbocycles. The lowest BCUT2D eigenvalue weighted by Gasteiger charge is -2.33. The Bertz CT molecular complexity index is 399. The van der Waals surface area contributed by atoms with E-state index in [-0.39, 0.29) is 26.1 Å². The van der Waals surface area contributed by atoms with Crippen LogP contribution in [0, 0.1) is 0 Å². The average Bonchev–Trinajstić information content (AvgIpc) is 2.43. The molecule has 1 aliphatic heterocycles. The summed E-state index contributed by atoms with van der Waals surface area (Å²) in [5, 5.41) is 20.5. The summed E-state index contributed by atoms with van der Waals surface area (Å²) in [6.07, 6.45) is -1.70. The number of rotatable bonds is 5. The van der Waals surface area contributed by atoms with Gasteiger partial charge >= 0.3 is 18.0 Å². The monoisotopic (exact) mass is 304 g/mol. The summed E-state index contributed by atoms with van der Waals surface area (Å²) in [6.45, 7) is 1.93. The van der Waals surface area contributed by atoms with Gasteiger partial charge in [-0.05, 0) is 6.92 Å². The van der Waals surface area contributed by atoms with Crippen molar-refractivity contribution in [2.45, 2.75) is 31.6 Å². The standard InChI is InChI=1S/C12H20N2O7/c1-7(15)10(11(17)18)13-12(19)14-3-4-21-8(6-14)5-9(16)20-2/h7-8,10,15H,3-6H2,1-2H3,(H,13,19)(H,17,18)/t7-,8?,10+/m1/s1. The fraction of sp³-hybridized carbons (Fsp3) is 0.750. The smallest absolute Gasteiger partial charge is 0.328 e. The minimum absolute atomic E-state index is 0.0129. The van der Waals surface area contributed by atoms with Crippen LogP contribution in [0.15, 0.2) is 0 Å². The van der Waals surface area contributed by atoms with E-state index in [0.29, 0.717) is 0 Å². The van der Waals surface area contributed by atoms with Gasteiger partial charge in [0.25, 0.3) is 0 Å². The fourth-order valence-corrected chi connectivity index (χ4v) is 1.91. The lowest BCUT2D eigenvalue weighted by atomic mass is 10.2. The zero-order valence-corrected chi connectivity index (χ0v) is 11.9. The van der Waals surface area contributed by atoms with E-state index in [2.05, 4.69) is 10.1 Å². The Hall–Kier alpha value is -1.87. The molecule has 9 nitrogen and oxygen atoms in total. The maximum absolute atomic E-state index is 12.0. The second kappa shape index (κ2) is 7.79. The SMILES string of the molecule is COC(=O)CC1CN(C(=O)N[C@H](C(=O)O)[C@@H](C)O)CCO1. The number of urea groups is 1. The second-order valence-electron chi connectivity index (χ2n) is 4.73. The van der Waals surface area contributed by atoms with Crippen molar-refractivity contribution in [3.05, 3.63) is 0 Å². The zero-order valence-electron chi connectivity index (χ0n) is 11.9. The number of carboxylic acids is 1. The van der Waals surface area contributed by atoms with Crippen molar-refractivity contribution in [1.82, 2.24) is 10.2 Å². The van der Waals surface area contributed by atoms with Crippen molar-refractivity contribution in [2.75, 3.05) is 26.8 Å². The van der Waals surface area contributed by atoms with E-state index in [1.807, 2.05) is 0 Å². The average molecular weight is 304 g/mol. The maximum atomic E-state index is 12.0. The third-order valence-corrected chi connectivity index (χ3v) is 3.08. The highest BCUT2D eigenvalue weighted by Crippen LogP contribution is 2.10. The number of morpholine rings is 1. The van der Waals surface area contributed by atoms with Gasteiger partial charge in [0, 0.05) is 13.1 Å². The topological polar surface area (TPSA) is 125 Å². The number of nitrogens with one attached hydrogen (secondary N) is 1. The number of aliphatic hydroxyl groups excluding tert-OH is 1. The van der Waals surface area contributed by atoms with Gasteiger partial charge in [-0.15, -0.1) is 0 Å². The molecule has 3 N–H and O–H groups in total. The van der Waals surface area contributed by atoms with Gasteiger partial charge in [-0.2, -0.15) is 0 Å². The molecule has 1 rings (SSSR count). The predicted molar refractivity (Wildman–Crippen MR) is 69.6 cm³/mol. The summed E-state index contributed by atoms with van der Waals surface area (Å²) < 4.78 is 9.87. The first-order chi connectivity index (χ1) is 9.85. The number of hydrogen-bond acceptors (Lipinski definition) is 6. The lowest BCUT2D eigenvalue weighted by molar-refractivity contribution is -0.145. The van der Waals surface area contributed by atoms with E-state index in [0.717, 1.165) is 0 Å². The molecule has 0 aromatic heterocycles. The molecule has 0 radical (unpaired) electrons. The van der Waals surface area contributed by atoms with Crippen molar-refractivity contribution < 1.29 is 34.1 Å². The number of aliphatic hydroxyl groups is 1. The highest BCUT2D eigenvalue weighted by atomic mass is 16.5. The summed E-state index contributed by atoms with van der Waals surface area (Å²) in [7, 11) is 1.26. The van der Waals surface area contributed by atoms with Gasteiger partial charge in [-0.25, -0.2) is 9.59 Å². The molecule has 0 aromatic rings. The van der Waals surface area contributed by atoms with Crippen LogP contribution in [0.3, 0.4) is 0 Å². The second-order valence-corrected chi connectivity index (χ2v) is 4.73. The summed E-state index contributed by atoms with van der Waals surface area (Å²) >= 11 is 0. The Labute approximate surface area is 121 Å². The number of methoxy groups -OCH3 is 1. The van der Waals surface area contributed by atoms with Gasteiger partial charge in [0.05, 0.1) is 32.3 Å². The number of ether oxygens (including phenoxy) is 2. The van der Waals surface area contributed by atoms with E-state index in [1.54, 1.807) is 0 Å². The van der Waals surface area contributed by atoms with Crippen molar-refractivity contribution in [3.8, 4) is 0 Å². The molecule has 21 heavy (non-hydrogen) atoms. The Balaban J connectivity index is 2.57. The van der Waals surface area contributed by atoms with Crippen molar-refractivity contribution in [1.29, 1.82) is 0 Å². The van der Waals surface area contributed by atoms with Crippen LogP contribution in [-0.4, -0.2) is 78.1 Å². The van der Waals surface area contributed by atoms with Crippen molar-refractivity contribution >= 4 is 18.0 Å². The van der Waals surface area contributed by atoms with Gasteiger partial charge in [0.1, 0.15) is 0 Å². The summed E-state index contributed by atoms with van der Waals surface area (Å²) in [6, 6.07) is -2.01. The molecule has 0 saturated carbocycles. The highest BCUT2D eigenvalue weighted by molar-refractivity contribution is 5.83. The minimum Gasteiger partial charge on any atom is -0.480 e. The van der Waals surface area contributed by atoms with Crippen LogP contribution in [0.25, 0.3) is 0 Å². The molecule has 1 heterocycles. The van der Waals surface area contributed by atoms with Crippen LogP contribution in [0.5, 0.6) is 0 Å². The number of carbonyl (C=O) groups is 3. The van der Waals surface area contributed by atoms with Gasteiger partial charge in [0.2, 0.25) is 0 Å². The molecule has 0 aromatic carbocycles. The number of carbonyl (C=O) groups excluding carboxylic acids is 2. The molecule has 0 bridgehead atoms. The molecule has 2 amide bonds. The maximum Gasteiger partial charge on any atom is 0.328 e. The van der Waals surface area contributed by atoms with Crippen LogP contribution < -0.4 is 5.32 Å².